The third-order valence-electron chi connectivity index (χ3n) is 3.52. The molecule has 96 valence electrons. The zero-order valence-electron chi connectivity index (χ0n) is 9.91. The lowest BCUT2D eigenvalue weighted by Gasteiger charge is -2.33. The molecule has 1 N–H and O–H groups in total. The van der Waals surface area contributed by atoms with Crippen LogP contribution in [0.1, 0.15) is 18.4 Å². The topological polar surface area (TPSA) is 20.2 Å². The Bertz CT molecular complexity index is 336. The van der Waals surface area contributed by atoms with E-state index in [0.29, 0.717) is 6.61 Å². The second-order valence-electron chi connectivity index (χ2n) is 4.73. The van der Waals surface area contributed by atoms with Gasteiger partial charge in [0, 0.05) is 22.0 Å². The van der Waals surface area contributed by atoms with E-state index in [0.717, 1.165) is 17.6 Å². The molecule has 1 aliphatic rings. The van der Waals surface area contributed by atoms with E-state index >= 15 is 0 Å². The van der Waals surface area contributed by atoms with Crippen LogP contribution in [0.3, 0.4) is 0 Å². The van der Waals surface area contributed by atoms with Gasteiger partial charge < -0.3 is 26.6 Å². The molecule has 2 nitrogen and oxygen atoms in total. The van der Waals surface area contributed by atoms with Gasteiger partial charge in [0.25, 0.3) is 0 Å². The molecular formula is C13H19BrINO. The molecule has 1 aromatic carbocycles. The van der Waals surface area contributed by atoms with Gasteiger partial charge in [-0.2, -0.15) is 0 Å². The minimum absolute atomic E-state index is 0. The van der Waals surface area contributed by atoms with Crippen molar-refractivity contribution in [1.82, 2.24) is 0 Å². The highest BCUT2D eigenvalue weighted by atomic mass is 127. The molecule has 17 heavy (non-hydrogen) atoms. The normalized spacial score (nSPS) is 17.8. The maximum atomic E-state index is 9.20. The van der Waals surface area contributed by atoms with Gasteiger partial charge in [-0.1, -0.05) is 12.1 Å². The summed E-state index contributed by atoms with van der Waals surface area (Å²) in [4.78, 5) is 0. The smallest absolute Gasteiger partial charge is 0.104 e. The van der Waals surface area contributed by atoms with Crippen molar-refractivity contribution in [2.45, 2.75) is 19.4 Å². The van der Waals surface area contributed by atoms with Crippen LogP contribution in [0.4, 0.5) is 0 Å². The number of quaternary nitrogens is 1. The van der Waals surface area contributed by atoms with Crippen LogP contribution >= 0.6 is 22.6 Å². The Hall–Kier alpha value is 0.350. The van der Waals surface area contributed by atoms with Crippen LogP contribution in [0.15, 0.2) is 24.3 Å². The third-order valence-corrected chi connectivity index (χ3v) is 4.24. The molecule has 0 amide bonds. The van der Waals surface area contributed by atoms with E-state index in [1.54, 1.807) is 0 Å². The Morgan fingerprint density at radius 1 is 1.12 bits per heavy atom. The number of aliphatic hydroxyl groups excluding tert-OH is 1. The molecule has 0 aliphatic carbocycles. The van der Waals surface area contributed by atoms with Gasteiger partial charge >= 0.3 is 0 Å². The van der Waals surface area contributed by atoms with Crippen molar-refractivity contribution in [2.75, 3.05) is 26.2 Å². The standard InChI is InChI=1S/C13H19INO.BrH/c14-13-5-3-12(4-6-13)11-15(9-10-16)7-1-2-8-15;/h3-6,16H,1-2,7-11H2;1H/q+1;/p-1. The summed E-state index contributed by atoms with van der Waals surface area (Å²) in [5, 5.41) is 9.20. The summed E-state index contributed by atoms with van der Waals surface area (Å²) in [5.74, 6) is 0. The van der Waals surface area contributed by atoms with E-state index in [1.807, 2.05) is 0 Å². The molecular weight excluding hydrogens is 393 g/mol. The number of nitrogens with zero attached hydrogens (tertiary/aromatic N) is 1. The summed E-state index contributed by atoms with van der Waals surface area (Å²) in [7, 11) is 0. The maximum absolute atomic E-state index is 9.20. The van der Waals surface area contributed by atoms with Crippen molar-refractivity contribution in [2.24, 2.45) is 0 Å². The molecule has 4 heteroatoms. The first kappa shape index (κ1) is 15.4. The molecule has 1 aromatic rings. The predicted molar refractivity (Wildman–Crippen MR) is 74.0 cm³/mol. The molecule has 1 fully saturated rings. The number of hydrogen-bond acceptors (Lipinski definition) is 1. The molecule has 0 saturated carbocycles. The molecule has 1 heterocycles. The number of likely N-dealkylation sites (tertiary alicyclic amines) is 1. The first-order valence-corrected chi connectivity index (χ1v) is 7.02. The average molecular weight is 412 g/mol. The quantitative estimate of drug-likeness (QED) is 0.518. The fourth-order valence-electron chi connectivity index (χ4n) is 2.66. The summed E-state index contributed by atoms with van der Waals surface area (Å²) >= 11 is 2.34. The zero-order valence-corrected chi connectivity index (χ0v) is 13.7. The third kappa shape index (κ3) is 4.19. The van der Waals surface area contributed by atoms with E-state index in [4.69, 9.17) is 0 Å². The number of benzene rings is 1. The number of rotatable bonds is 4. The molecule has 0 bridgehead atoms. The predicted octanol–water partition coefficient (Wildman–Crippen LogP) is -0.602. The van der Waals surface area contributed by atoms with Gasteiger partial charge in [-0.05, 0) is 34.7 Å². The molecule has 0 aromatic heterocycles. The Morgan fingerprint density at radius 2 is 1.71 bits per heavy atom. The molecule has 0 radical (unpaired) electrons. The van der Waals surface area contributed by atoms with E-state index < -0.39 is 0 Å². The van der Waals surface area contributed by atoms with Crippen molar-refractivity contribution < 1.29 is 26.6 Å². The summed E-state index contributed by atoms with van der Waals surface area (Å²) in [6.45, 7) is 4.76. The van der Waals surface area contributed by atoms with E-state index in [9.17, 15) is 5.11 Å². The van der Waals surface area contributed by atoms with Gasteiger partial charge in [0.15, 0.2) is 0 Å². The van der Waals surface area contributed by atoms with Crippen molar-refractivity contribution >= 4 is 22.6 Å². The lowest BCUT2D eigenvalue weighted by molar-refractivity contribution is -0.929. The Morgan fingerprint density at radius 3 is 2.24 bits per heavy atom. The molecule has 0 atom stereocenters. The highest BCUT2D eigenvalue weighted by molar-refractivity contribution is 14.1. The van der Waals surface area contributed by atoms with Gasteiger partial charge in [0.05, 0.1) is 19.7 Å². The minimum atomic E-state index is 0. The van der Waals surface area contributed by atoms with Crippen molar-refractivity contribution in [3.05, 3.63) is 33.4 Å². The molecule has 0 unspecified atom stereocenters. The van der Waals surface area contributed by atoms with Crippen LogP contribution in [0, 0.1) is 3.57 Å². The van der Waals surface area contributed by atoms with Crippen LogP contribution in [-0.2, 0) is 6.54 Å². The fraction of sp³-hybridized carbons (Fsp3) is 0.538. The van der Waals surface area contributed by atoms with Crippen LogP contribution in [0.2, 0.25) is 0 Å². The van der Waals surface area contributed by atoms with Gasteiger partial charge in [-0.25, -0.2) is 0 Å². The summed E-state index contributed by atoms with van der Waals surface area (Å²) in [6.07, 6.45) is 2.62. The molecule has 1 saturated heterocycles. The Labute approximate surface area is 128 Å². The summed E-state index contributed by atoms with van der Waals surface area (Å²) in [5.41, 5.74) is 1.40. The van der Waals surface area contributed by atoms with Crippen LogP contribution in [0.5, 0.6) is 0 Å². The highest BCUT2D eigenvalue weighted by Gasteiger charge is 2.31. The maximum Gasteiger partial charge on any atom is 0.104 e. The molecule has 1 aliphatic heterocycles. The second kappa shape index (κ2) is 7.07. The zero-order chi connectivity index (χ0) is 11.4. The van der Waals surface area contributed by atoms with Crippen molar-refractivity contribution in [1.29, 1.82) is 0 Å². The monoisotopic (exact) mass is 411 g/mol. The number of halogens is 2. The SMILES string of the molecule is OCC[N+]1(Cc2ccc(I)cc2)CCCC1.[Br-]. The number of hydrogen-bond donors (Lipinski definition) is 1. The Kier molecular flexibility index (Phi) is 6.40. The molecule has 0 spiro atoms. The van der Waals surface area contributed by atoms with E-state index in [1.165, 1.54) is 35.1 Å². The molecule has 2 rings (SSSR count). The van der Waals surface area contributed by atoms with Gasteiger partial charge in [0.2, 0.25) is 0 Å². The first-order valence-electron chi connectivity index (χ1n) is 5.95. The van der Waals surface area contributed by atoms with Crippen LogP contribution < -0.4 is 17.0 Å². The van der Waals surface area contributed by atoms with Gasteiger partial charge in [0.1, 0.15) is 13.1 Å². The average Bonchev–Trinajstić information content (AvgIpc) is 2.71. The summed E-state index contributed by atoms with van der Waals surface area (Å²) in [6, 6.07) is 8.78. The lowest BCUT2D eigenvalue weighted by atomic mass is 10.2. The summed E-state index contributed by atoms with van der Waals surface area (Å²) < 4.78 is 2.37. The Balaban J connectivity index is 0.00000144. The largest absolute Gasteiger partial charge is 1.00 e. The van der Waals surface area contributed by atoms with Crippen LogP contribution in [0.25, 0.3) is 0 Å². The second-order valence-corrected chi connectivity index (χ2v) is 5.97. The van der Waals surface area contributed by atoms with Gasteiger partial charge in [-0.3, -0.25) is 0 Å². The lowest BCUT2D eigenvalue weighted by Crippen LogP contribution is -3.00. The van der Waals surface area contributed by atoms with Gasteiger partial charge in [-0.15, -0.1) is 0 Å². The first-order chi connectivity index (χ1) is 7.74. The van der Waals surface area contributed by atoms with Crippen molar-refractivity contribution in [3.63, 3.8) is 0 Å². The number of aliphatic hydroxyl groups is 1. The van der Waals surface area contributed by atoms with E-state index in [2.05, 4.69) is 46.9 Å². The minimum Gasteiger partial charge on any atom is -1.00 e. The highest BCUT2D eigenvalue weighted by Crippen LogP contribution is 2.23. The van der Waals surface area contributed by atoms with E-state index in [-0.39, 0.29) is 17.0 Å². The van der Waals surface area contributed by atoms with Crippen molar-refractivity contribution in [3.8, 4) is 0 Å². The van der Waals surface area contributed by atoms with Crippen LogP contribution in [-0.4, -0.2) is 35.8 Å². The fourth-order valence-corrected chi connectivity index (χ4v) is 3.02.